The zero-order valence-corrected chi connectivity index (χ0v) is 9.09. The molecule has 2 rings (SSSR count). The van der Waals surface area contributed by atoms with Crippen molar-refractivity contribution in [3.05, 3.63) is 57.5 Å². The maximum Gasteiger partial charge on any atom is 0.129 e. The number of aryl methyl sites for hydroxylation is 1. The van der Waals surface area contributed by atoms with Crippen molar-refractivity contribution in [3.8, 4) is 0 Å². The van der Waals surface area contributed by atoms with Crippen LogP contribution >= 0.6 is 11.3 Å². The topological polar surface area (TPSA) is 20.2 Å². The Labute approximate surface area is 91.8 Å². The number of benzene rings is 1. The van der Waals surface area contributed by atoms with Gasteiger partial charge in [-0.15, -0.1) is 0 Å². The van der Waals surface area contributed by atoms with Gasteiger partial charge in [0.1, 0.15) is 11.9 Å². The molecular weight excluding hydrogens is 211 g/mol. The van der Waals surface area contributed by atoms with E-state index in [1.54, 1.807) is 18.2 Å². The van der Waals surface area contributed by atoms with Crippen molar-refractivity contribution in [1.29, 1.82) is 0 Å². The Morgan fingerprint density at radius 3 is 2.73 bits per heavy atom. The van der Waals surface area contributed by atoms with Crippen LogP contribution in [0.25, 0.3) is 0 Å². The number of rotatable bonds is 2. The van der Waals surface area contributed by atoms with E-state index in [0.29, 0.717) is 5.56 Å². The van der Waals surface area contributed by atoms with Crippen molar-refractivity contribution >= 4 is 11.3 Å². The summed E-state index contributed by atoms with van der Waals surface area (Å²) in [6, 6.07) is 6.67. The Morgan fingerprint density at radius 1 is 1.33 bits per heavy atom. The predicted molar refractivity (Wildman–Crippen MR) is 59.5 cm³/mol. The first kappa shape index (κ1) is 10.3. The van der Waals surface area contributed by atoms with Gasteiger partial charge in [-0.05, 0) is 40.9 Å². The Morgan fingerprint density at radius 2 is 2.13 bits per heavy atom. The van der Waals surface area contributed by atoms with Gasteiger partial charge in [0, 0.05) is 5.56 Å². The van der Waals surface area contributed by atoms with Gasteiger partial charge < -0.3 is 5.11 Å². The third kappa shape index (κ3) is 2.08. The fourth-order valence-corrected chi connectivity index (χ4v) is 2.14. The summed E-state index contributed by atoms with van der Waals surface area (Å²) in [5.41, 5.74) is 1.93. The summed E-state index contributed by atoms with van der Waals surface area (Å²) in [7, 11) is 0. The summed E-state index contributed by atoms with van der Waals surface area (Å²) in [4.78, 5) is 0. The summed E-state index contributed by atoms with van der Waals surface area (Å²) < 4.78 is 13.5. The van der Waals surface area contributed by atoms with Gasteiger partial charge >= 0.3 is 0 Å². The Balaban J connectivity index is 2.38. The predicted octanol–water partition coefficient (Wildman–Crippen LogP) is 3.28. The minimum Gasteiger partial charge on any atom is -0.384 e. The standard InChI is InChI=1S/C12H11FOS/c1-8-2-3-10(11(13)6-8)12(14)9-4-5-15-7-9/h2-7,12,14H,1H3. The smallest absolute Gasteiger partial charge is 0.129 e. The minimum atomic E-state index is -0.864. The van der Waals surface area contributed by atoms with Gasteiger partial charge in [0.15, 0.2) is 0 Å². The molecule has 1 nitrogen and oxygen atoms in total. The summed E-state index contributed by atoms with van der Waals surface area (Å²) in [5.74, 6) is -0.353. The Bertz CT molecular complexity index is 451. The molecule has 0 amide bonds. The van der Waals surface area contributed by atoms with Gasteiger partial charge in [0.2, 0.25) is 0 Å². The molecule has 0 saturated carbocycles. The zero-order chi connectivity index (χ0) is 10.8. The summed E-state index contributed by atoms with van der Waals surface area (Å²) >= 11 is 1.49. The van der Waals surface area contributed by atoms with Crippen molar-refractivity contribution in [2.24, 2.45) is 0 Å². The molecule has 0 aliphatic carbocycles. The van der Waals surface area contributed by atoms with E-state index in [0.717, 1.165) is 11.1 Å². The average molecular weight is 222 g/mol. The van der Waals surface area contributed by atoms with Crippen molar-refractivity contribution in [2.75, 3.05) is 0 Å². The van der Waals surface area contributed by atoms with Gasteiger partial charge in [0.25, 0.3) is 0 Å². The molecule has 1 heterocycles. The van der Waals surface area contributed by atoms with Crippen LogP contribution in [-0.4, -0.2) is 5.11 Å². The summed E-state index contributed by atoms with van der Waals surface area (Å²) in [6.07, 6.45) is -0.864. The molecule has 0 aliphatic heterocycles. The molecule has 3 heteroatoms. The first-order valence-corrected chi connectivity index (χ1v) is 5.59. The van der Waals surface area contributed by atoms with Crippen molar-refractivity contribution in [3.63, 3.8) is 0 Å². The normalized spacial score (nSPS) is 12.7. The van der Waals surface area contributed by atoms with E-state index in [9.17, 15) is 9.50 Å². The molecular formula is C12H11FOS. The highest BCUT2D eigenvalue weighted by molar-refractivity contribution is 7.07. The van der Waals surface area contributed by atoms with Crippen LogP contribution in [0.1, 0.15) is 22.8 Å². The quantitative estimate of drug-likeness (QED) is 0.826. The second kappa shape index (κ2) is 4.13. The van der Waals surface area contributed by atoms with Crippen LogP contribution in [0, 0.1) is 12.7 Å². The van der Waals surface area contributed by atoms with E-state index in [4.69, 9.17) is 0 Å². The molecule has 78 valence electrons. The van der Waals surface area contributed by atoms with Crippen LogP contribution < -0.4 is 0 Å². The maximum absolute atomic E-state index is 13.5. The maximum atomic E-state index is 13.5. The highest BCUT2D eigenvalue weighted by Gasteiger charge is 2.14. The van der Waals surface area contributed by atoms with Crippen LogP contribution in [0.15, 0.2) is 35.0 Å². The van der Waals surface area contributed by atoms with Crippen molar-refractivity contribution in [1.82, 2.24) is 0 Å². The molecule has 0 saturated heterocycles. The van der Waals surface area contributed by atoms with E-state index >= 15 is 0 Å². The number of aliphatic hydroxyl groups excluding tert-OH is 1. The van der Waals surface area contributed by atoms with Crippen LogP contribution in [0.4, 0.5) is 4.39 Å². The number of hydrogen-bond donors (Lipinski definition) is 1. The molecule has 15 heavy (non-hydrogen) atoms. The molecule has 0 bridgehead atoms. The number of hydrogen-bond acceptors (Lipinski definition) is 2. The van der Waals surface area contributed by atoms with Crippen LogP contribution in [0.2, 0.25) is 0 Å². The Hall–Kier alpha value is -1.19. The highest BCUT2D eigenvalue weighted by atomic mass is 32.1. The van der Waals surface area contributed by atoms with Crippen LogP contribution in [0.3, 0.4) is 0 Å². The first-order valence-electron chi connectivity index (χ1n) is 4.64. The molecule has 0 aliphatic rings. The van der Waals surface area contributed by atoms with Crippen LogP contribution in [0.5, 0.6) is 0 Å². The molecule has 1 unspecified atom stereocenters. The number of thiophene rings is 1. The molecule has 1 N–H and O–H groups in total. The van der Waals surface area contributed by atoms with Crippen LogP contribution in [-0.2, 0) is 0 Å². The minimum absolute atomic E-state index is 0.332. The fraction of sp³-hybridized carbons (Fsp3) is 0.167. The SMILES string of the molecule is Cc1ccc(C(O)c2ccsc2)c(F)c1. The lowest BCUT2D eigenvalue weighted by Gasteiger charge is -2.10. The molecule has 1 aromatic carbocycles. The van der Waals surface area contributed by atoms with Gasteiger partial charge in [0.05, 0.1) is 0 Å². The third-order valence-electron chi connectivity index (χ3n) is 2.31. The van der Waals surface area contributed by atoms with Gasteiger partial charge in [-0.3, -0.25) is 0 Å². The summed E-state index contributed by atoms with van der Waals surface area (Å²) in [6.45, 7) is 1.82. The van der Waals surface area contributed by atoms with E-state index in [1.807, 2.05) is 17.7 Å². The molecule has 1 atom stereocenters. The first-order chi connectivity index (χ1) is 7.18. The van der Waals surface area contributed by atoms with Crippen molar-refractivity contribution < 1.29 is 9.50 Å². The molecule has 0 spiro atoms. The largest absolute Gasteiger partial charge is 0.384 e. The lowest BCUT2D eigenvalue weighted by molar-refractivity contribution is 0.215. The molecule has 0 radical (unpaired) electrons. The third-order valence-corrected chi connectivity index (χ3v) is 3.01. The lowest BCUT2D eigenvalue weighted by atomic mass is 10.0. The average Bonchev–Trinajstić information content (AvgIpc) is 2.69. The fourth-order valence-electron chi connectivity index (χ4n) is 1.46. The van der Waals surface area contributed by atoms with E-state index in [-0.39, 0.29) is 5.82 Å². The van der Waals surface area contributed by atoms with E-state index < -0.39 is 6.10 Å². The van der Waals surface area contributed by atoms with E-state index in [2.05, 4.69) is 0 Å². The van der Waals surface area contributed by atoms with Gasteiger partial charge in [-0.25, -0.2) is 4.39 Å². The Kier molecular flexibility index (Phi) is 2.84. The van der Waals surface area contributed by atoms with Crippen molar-refractivity contribution in [2.45, 2.75) is 13.0 Å². The van der Waals surface area contributed by atoms with Gasteiger partial charge in [-0.1, -0.05) is 12.1 Å². The molecule has 0 fully saturated rings. The second-order valence-electron chi connectivity index (χ2n) is 3.48. The highest BCUT2D eigenvalue weighted by Crippen LogP contribution is 2.26. The number of aliphatic hydroxyl groups is 1. The summed E-state index contributed by atoms with van der Waals surface area (Å²) in [5, 5.41) is 13.6. The number of halogens is 1. The van der Waals surface area contributed by atoms with Gasteiger partial charge in [-0.2, -0.15) is 11.3 Å². The molecule has 1 aromatic heterocycles. The molecule has 2 aromatic rings. The zero-order valence-electron chi connectivity index (χ0n) is 8.27. The van der Waals surface area contributed by atoms with E-state index in [1.165, 1.54) is 17.4 Å². The monoisotopic (exact) mass is 222 g/mol. The second-order valence-corrected chi connectivity index (χ2v) is 4.26. The lowest BCUT2D eigenvalue weighted by Crippen LogP contribution is -2.01.